The number of nitrogens with zero attached hydrogens (tertiary/aromatic N) is 3. The molecule has 0 saturated heterocycles. The summed E-state index contributed by atoms with van der Waals surface area (Å²) in [6.07, 6.45) is 1.98. The van der Waals surface area contributed by atoms with Crippen molar-refractivity contribution in [3.05, 3.63) is 95.8 Å². The summed E-state index contributed by atoms with van der Waals surface area (Å²) >= 11 is 0. The highest BCUT2D eigenvalue weighted by Crippen LogP contribution is 2.13. The topological polar surface area (TPSA) is 45.6 Å². The van der Waals surface area contributed by atoms with E-state index in [1.54, 1.807) is 17.0 Å². The Morgan fingerprint density at radius 1 is 0.839 bits per heavy atom. The molecule has 0 spiro atoms. The first-order valence-electron chi connectivity index (χ1n) is 10.7. The first-order valence-corrected chi connectivity index (χ1v) is 10.7. The number of aryl methyl sites for hydroxylation is 1. The Morgan fingerprint density at radius 3 is 2.06 bits per heavy atom. The predicted octanol–water partition coefficient (Wildman–Crippen LogP) is 4.35. The number of amides is 2. The van der Waals surface area contributed by atoms with Crippen LogP contribution >= 0.6 is 0 Å². The molecule has 31 heavy (non-hydrogen) atoms. The monoisotopic (exact) mass is 417 g/mol. The van der Waals surface area contributed by atoms with E-state index in [9.17, 15) is 9.59 Å². The molecular weight excluding hydrogens is 386 g/mol. The van der Waals surface area contributed by atoms with E-state index in [1.807, 2.05) is 83.4 Å². The first-order chi connectivity index (χ1) is 14.9. The van der Waals surface area contributed by atoms with E-state index in [0.717, 1.165) is 11.3 Å². The van der Waals surface area contributed by atoms with Gasteiger partial charge in [0.05, 0.1) is 6.54 Å². The largest absolute Gasteiger partial charge is 0.353 e. The van der Waals surface area contributed by atoms with Crippen molar-refractivity contribution in [1.29, 1.82) is 0 Å². The zero-order valence-electron chi connectivity index (χ0n) is 18.6. The predicted molar refractivity (Wildman–Crippen MR) is 123 cm³/mol. The lowest BCUT2D eigenvalue weighted by Gasteiger charge is -2.29. The number of hydrogen-bond acceptors (Lipinski definition) is 2. The molecule has 5 nitrogen and oxygen atoms in total. The van der Waals surface area contributed by atoms with Crippen LogP contribution in [0.1, 0.15) is 35.5 Å². The molecule has 0 bridgehead atoms. The maximum Gasteiger partial charge on any atom is 0.254 e. The van der Waals surface area contributed by atoms with Crippen molar-refractivity contribution in [2.75, 3.05) is 13.1 Å². The molecule has 0 atom stereocenters. The van der Waals surface area contributed by atoms with Gasteiger partial charge in [-0.2, -0.15) is 0 Å². The van der Waals surface area contributed by atoms with Crippen molar-refractivity contribution in [3.8, 4) is 0 Å². The molecule has 3 rings (SSSR count). The van der Waals surface area contributed by atoms with Crippen LogP contribution in [0.25, 0.3) is 0 Å². The minimum atomic E-state index is -0.110. The molecule has 2 aromatic carbocycles. The van der Waals surface area contributed by atoms with Crippen LogP contribution in [0.3, 0.4) is 0 Å². The number of hydrogen-bond donors (Lipinski definition) is 0. The summed E-state index contributed by atoms with van der Waals surface area (Å²) < 4.78 is 2.02. The highest BCUT2D eigenvalue weighted by molar-refractivity contribution is 5.96. The Bertz CT molecular complexity index is 980. The lowest BCUT2D eigenvalue weighted by atomic mass is 10.1. The van der Waals surface area contributed by atoms with Gasteiger partial charge in [-0.15, -0.1) is 0 Å². The van der Waals surface area contributed by atoms with E-state index in [-0.39, 0.29) is 24.3 Å². The molecule has 0 N–H and O–H groups in total. The molecule has 3 aromatic rings. The molecule has 0 aliphatic rings. The molecule has 2 amide bonds. The van der Waals surface area contributed by atoms with E-state index in [2.05, 4.69) is 13.8 Å². The average molecular weight is 418 g/mol. The van der Waals surface area contributed by atoms with Gasteiger partial charge in [-0.25, -0.2) is 0 Å². The van der Waals surface area contributed by atoms with Crippen LogP contribution in [-0.4, -0.2) is 39.3 Å². The molecule has 0 saturated carbocycles. The lowest BCUT2D eigenvalue weighted by molar-refractivity contribution is -0.133. The third kappa shape index (κ3) is 6.32. The molecule has 162 valence electrons. The third-order valence-corrected chi connectivity index (χ3v) is 5.19. The summed E-state index contributed by atoms with van der Waals surface area (Å²) in [5, 5.41) is 0. The zero-order valence-corrected chi connectivity index (χ0v) is 18.6. The Kier molecular flexibility index (Phi) is 7.65. The number of benzene rings is 2. The maximum atomic E-state index is 13.4. The molecule has 0 unspecified atom stereocenters. The van der Waals surface area contributed by atoms with Crippen LogP contribution in [-0.2, 0) is 24.9 Å². The van der Waals surface area contributed by atoms with Crippen molar-refractivity contribution >= 4 is 11.8 Å². The Labute approximate surface area is 184 Å². The molecule has 0 radical (unpaired) electrons. The van der Waals surface area contributed by atoms with Crippen LogP contribution in [0, 0.1) is 5.92 Å². The minimum absolute atomic E-state index is 0.0587. The van der Waals surface area contributed by atoms with Crippen molar-refractivity contribution in [3.63, 3.8) is 0 Å². The molecule has 0 aliphatic heterocycles. The van der Waals surface area contributed by atoms with Crippen LogP contribution in [0.15, 0.2) is 79.0 Å². The van der Waals surface area contributed by atoms with E-state index >= 15 is 0 Å². The SMILES string of the molecule is CC(C)CN(CC(=O)N(Cc1ccccc1)Cc1cccn1C)C(=O)c1ccccc1. The van der Waals surface area contributed by atoms with Crippen LogP contribution in [0.2, 0.25) is 0 Å². The van der Waals surface area contributed by atoms with E-state index in [0.29, 0.717) is 25.2 Å². The summed E-state index contributed by atoms with van der Waals surface area (Å²) in [5.74, 6) is 0.0899. The van der Waals surface area contributed by atoms with Crippen molar-refractivity contribution in [2.45, 2.75) is 26.9 Å². The Hall–Kier alpha value is -3.34. The van der Waals surface area contributed by atoms with Gasteiger partial charge in [-0.05, 0) is 35.7 Å². The Balaban J connectivity index is 1.81. The smallest absolute Gasteiger partial charge is 0.254 e. The first kappa shape index (κ1) is 22.3. The second-order valence-corrected chi connectivity index (χ2v) is 8.29. The summed E-state index contributed by atoms with van der Waals surface area (Å²) in [7, 11) is 1.98. The quantitative estimate of drug-likeness (QED) is 0.520. The van der Waals surface area contributed by atoms with E-state index < -0.39 is 0 Å². The summed E-state index contributed by atoms with van der Waals surface area (Å²) in [4.78, 5) is 30.1. The average Bonchev–Trinajstić information content (AvgIpc) is 3.17. The summed E-state index contributed by atoms with van der Waals surface area (Å²) in [6, 6.07) is 23.1. The standard InChI is InChI=1S/C26H31N3O2/c1-21(2)17-29(26(31)23-13-8-5-9-14-23)20-25(30)28(18-22-11-6-4-7-12-22)19-24-15-10-16-27(24)3/h4-16,21H,17-20H2,1-3H3. The summed E-state index contributed by atoms with van der Waals surface area (Å²) in [6.45, 7) is 5.70. The number of rotatable bonds is 9. The van der Waals surface area contributed by atoms with Crippen molar-refractivity contribution < 1.29 is 9.59 Å². The lowest BCUT2D eigenvalue weighted by Crippen LogP contribution is -2.44. The molecule has 0 aliphatic carbocycles. The molecule has 1 aromatic heterocycles. The highest BCUT2D eigenvalue weighted by Gasteiger charge is 2.23. The third-order valence-electron chi connectivity index (χ3n) is 5.19. The van der Waals surface area contributed by atoms with Crippen molar-refractivity contribution in [2.24, 2.45) is 13.0 Å². The fraction of sp³-hybridized carbons (Fsp3) is 0.308. The summed E-state index contributed by atoms with van der Waals surface area (Å²) in [5.41, 5.74) is 2.72. The number of carbonyl (C=O) groups excluding carboxylic acids is 2. The zero-order chi connectivity index (χ0) is 22.2. The van der Waals surface area contributed by atoms with Gasteiger partial charge in [0.15, 0.2) is 0 Å². The van der Waals surface area contributed by atoms with Crippen LogP contribution in [0.4, 0.5) is 0 Å². The molecule has 1 heterocycles. The van der Waals surface area contributed by atoms with E-state index in [4.69, 9.17) is 0 Å². The highest BCUT2D eigenvalue weighted by atomic mass is 16.2. The fourth-order valence-corrected chi connectivity index (χ4v) is 3.58. The van der Waals surface area contributed by atoms with Gasteiger partial charge in [0.2, 0.25) is 5.91 Å². The molecular formula is C26H31N3O2. The van der Waals surface area contributed by atoms with Gasteiger partial charge in [0.25, 0.3) is 5.91 Å². The van der Waals surface area contributed by atoms with Gasteiger partial charge >= 0.3 is 0 Å². The molecule has 0 fully saturated rings. The van der Waals surface area contributed by atoms with Gasteiger partial charge in [0.1, 0.15) is 6.54 Å². The van der Waals surface area contributed by atoms with Crippen molar-refractivity contribution in [1.82, 2.24) is 14.4 Å². The number of aromatic nitrogens is 1. The Morgan fingerprint density at radius 2 is 1.48 bits per heavy atom. The number of carbonyl (C=O) groups is 2. The minimum Gasteiger partial charge on any atom is -0.353 e. The van der Waals surface area contributed by atoms with Gasteiger partial charge < -0.3 is 14.4 Å². The van der Waals surface area contributed by atoms with E-state index in [1.165, 1.54) is 0 Å². The second kappa shape index (κ2) is 10.6. The van der Waals surface area contributed by atoms with Gasteiger partial charge in [-0.3, -0.25) is 9.59 Å². The molecule has 5 heteroatoms. The van der Waals surface area contributed by atoms with Crippen LogP contribution in [0.5, 0.6) is 0 Å². The second-order valence-electron chi connectivity index (χ2n) is 8.29. The van der Waals surface area contributed by atoms with Gasteiger partial charge in [0, 0.05) is 37.6 Å². The normalized spacial score (nSPS) is 10.8. The maximum absolute atomic E-state index is 13.4. The van der Waals surface area contributed by atoms with Gasteiger partial charge in [-0.1, -0.05) is 62.4 Å². The fourth-order valence-electron chi connectivity index (χ4n) is 3.58. The van der Waals surface area contributed by atoms with Crippen LogP contribution < -0.4 is 0 Å².